The number of nitrogens with zero attached hydrogens (tertiary/aromatic N) is 1. The molecule has 5 amide bonds. The molecule has 2 aromatic heterocycles. The molecular formula is C44H53N9O5. The monoisotopic (exact) mass is 787 g/mol. The van der Waals surface area contributed by atoms with Crippen LogP contribution in [0.4, 0.5) is 0 Å². The molecule has 0 saturated carbocycles. The maximum atomic E-state index is 14.5. The van der Waals surface area contributed by atoms with Crippen LogP contribution in [0.15, 0.2) is 97.5 Å². The van der Waals surface area contributed by atoms with Crippen LogP contribution in [0, 0.1) is 5.92 Å². The minimum absolute atomic E-state index is 0.0460. The number of carbonyl (C=O) groups excluding carboxylic acids is 5. The first-order valence-electron chi connectivity index (χ1n) is 20.0. The molecule has 0 bridgehead atoms. The van der Waals surface area contributed by atoms with Crippen molar-refractivity contribution in [2.45, 2.75) is 75.5 Å². The van der Waals surface area contributed by atoms with Gasteiger partial charge in [-0.1, -0.05) is 66.7 Å². The van der Waals surface area contributed by atoms with Crippen molar-refractivity contribution in [2.75, 3.05) is 19.6 Å². The second-order valence-corrected chi connectivity index (χ2v) is 15.0. The molecule has 0 radical (unpaired) electrons. The van der Waals surface area contributed by atoms with Crippen molar-refractivity contribution in [3.8, 4) is 0 Å². The zero-order chi connectivity index (χ0) is 40.9. The summed E-state index contributed by atoms with van der Waals surface area (Å²) in [5.74, 6) is -2.97. The van der Waals surface area contributed by atoms with Crippen LogP contribution in [0.5, 0.6) is 0 Å². The van der Waals surface area contributed by atoms with Gasteiger partial charge in [0.05, 0.1) is 0 Å². The third kappa shape index (κ3) is 11.3. The number of aromatic amines is 1. The lowest BCUT2D eigenvalue weighted by atomic mass is 9.95. The molecule has 0 aliphatic carbocycles. The quantitative estimate of drug-likeness (QED) is 0.0579. The number of carbonyl (C=O) groups is 5. The summed E-state index contributed by atoms with van der Waals surface area (Å²) in [5, 5.41) is 17.8. The number of hydrogen-bond acceptors (Lipinski definition) is 8. The lowest BCUT2D eigenvalue weighted by molar-refractivity contribution is -0.135. The van der Waals surface area contributed by atoms with Crippen molar-refractivity contribution >= 4 is 51.2 Å². The number of amides is 5. The lowest BCUT2D eigenvalue weighted by Crippen LogP contribution is -2.59. The number of primary amides is 1. The van der Waals surface area contributed by atoms with Gasteiger partial charge in [0.15, 0.2) is 0 Å². The molecule has 1 aliphatic heterocycles. The zero-order valence-electron chi connectivity index (χ0n) is 32.5. The van der Waals surface area contributed by atoms with Gasteiger partial charge >= 0.3 is 0 Å². The molecule has 304 valence electrons. The molecule has 3 aromatic carbocycles. The number of H-pyrrole nitrogens is 1. The molecule has 1 aliphatic rings. The molecule has 58 heavy (non-hydrogen) atoms. The van der Waals surface area contributed by atoms with Crippen LogP contribution in [0.1, 0.15) is 48.8 Å². The van der Waals surface area contributed by atoms with Crippen LogP contribution >= 0.6 is 0 Å². The summed E-state index contributed by atoms with van der Waals surface area (Å²) in [4.78, 5) is 76.4. The SMILES string of the molecule is NCCCC[C@H](NC(=O)[C@H](Cc1cccnc1)NC(=O)[C@@H](Cc1c[nH]c2ccccc12)NC(=O)[C@@H](Cc1ccc2ccccc2c1)NC(=O)C1CCNCC1)C(N)=O. The molecule has 0 spiro atoms. The molecular weight excluding hydrogens is 735 g/mol. The van der Waals surface area contributed by atoms with Crippen molar-refractivity contribution in [3.05, 3.63) is 114 Å². The fourth-order valence-corrected chi connectivity index (χ4v) is 7.47. The number of rotatable bonds is 19. The number of nitrogens with one attached hydrogen (secondary N) is 6. The Morgan fingerprint density at radius 3 is 2.07 bits per heavy atom. The third-order valence-electron chi connectivity index (χ3n) is 10.7. The van der Waals surface area contributed by atoms with Gasteiger partial charge in [-0.05, 0) is 91.3 Å². The lowest BCUT2D eigenvalue weighted by Gasteiger charge is -2.28. The van der Waals surface area contributed by atoms with Crippen molar-refractivity contribution in [2.24, 2.45) is 17.4 Å². The van der Waals surface area contributed by atoms with Crippen LogP contribution in [0.25, 0.3) is 21.7 Å². The van der Waals surface area contributed by atoms with Gasteiger partial charge in [-0.2, -0.15) is 0 Å². The number of fused-ring (bicyclic) bond motifs is 2. The summed E-state index contributed by atoms with van der Waals surface area (Å²) in [7, 11) is 0. The maximum absolute atomic E-state index is 14.5. The first-order chi connectivity index (χ1) is 28.2. The van der Waals surface area contributed by atoms with Crippen molar-refractivity contribution in [1.82, 2.24) is 36.6 Å². The first kappa shape index (κ1) is 41.5. The topological polar surface area (TPSA) is 226 Å². The van der Waals surface area contributed by atoms with E-state index in [-0.39, 0.29) is 37.5 Å². The molecule has 6 rings (SSSR count). The fraction of sp³-hybridized carbons (Fsp3) is 0.364. The molecule has 4 atom stereocenters. The summed E-state index contributed by atoms with van der Waals surface area (Å²) in [6.07, 6.45) is 8.06. The number of benzene rings is 3. The number of hydrogen-bond donors (Lipinski definition) is 8. The van der Waals surface area contributed by atoms with Gasteiger partial charge in [-0.25, -0.2) is 0 Å². The molecule has 10 N–H and O–H groups in total. The molecule has 14 heteroatoms. The normalized spacial score (nSPS) is 15.2. The summed E-state index contributed by atoms with van der Waals surface area (Å²) >= 11 is 0. The van der Waals surface area contributed by atoms with E-state index in [1.807, 2.05) is 66.7 Å². The van der Waals surface area contributed by atoms with Crippen LogP contribution in [-0.4, -0.2) is 83.3 Å². The highest BCUT2D eigenvalue weighted by Gasteiger charge is 2.33. The van der Waals surface area contributed by atoms with Crippen LogP contribution in [0.3, 0.4) is 0 Å². The number of nitrogens with two attached hydrogens (primary N) is 2. The van der Waals surface area contributed by atoms with E-state index >= 15 is 0 Å². The van der Waals surface area contributed by atoms with Gasteiger partial charge in [0.25, 0.3) is 0 Å². The molecule has 1 saturated heterocycles. The van der Waals surface area contributed by atoms with E-state index in [1.54, 1.807) is 30.7 Å². The van der Waals surface area contributed by atoms with Crippen LogP contribution in [-0.2, 0) is 43.2 Å². The number of unbranched alkanes of at least 4 members (excludes halogenated alkanes) is 1. The van der Waals surface area contributed by atoms with Gasteiger partial charge in [-0.15, -0.1) is 0 Å². The fourth-order valence-electron chi connectivity index (χ4n) is 7.47. The number of para-hydroxylation sites is 1. The van der Waals surface area contributed by atoms with E-state index in [4.69, 9.17) is 11.5 Å². The smallest absolute Gasteiger partial charge is 0.243 e. The summed E-state index contributed by atoms with van der Waals surface area (Å²) in [5.41, 5.74) is 14.4. The molecule has 0 unspecified atom stereocenters. The predicted molar refractivity (Wildman–Crippen MR) is 223 cm³/mol. The number of pyridine rings is 1. The number of aromatic nitrogens is 2. The summed E-state index contributed by atoms with van der Waals surface area (Å²) < 4.78 is 0. The minimum Gasteiger partial charge on any atom is -0.368 e. The Kier molecular flexibility index (Phi) is 14.6. The average Bonchev–Trinajstić information content (AvgIpc) is 3.65. The minimum atomic E-state index is -1.18. The molecule has 5 aromatic rings. The van der Waals surface area contributed by atoms with Crippen LogP contribution < -0.4 is 38.1 Å². The Morgan fingerprint density at radius 1 is 0.707 bits per heavy atom. The van der Waals surface area contributed by atoms with Crippen molar-refractivity contribution in [3.63, 3.8) is 0 Å². The van der Waals surface area contributed by atoms with E-state index in [9.17, 15) is 24.0 Å². The highest BCUT2D eigenvalue weighted by molar-refractivity contribution is 5.96. The number of piperidine rings is 1. The summed E-state index contributed by atoms with van der Waals surface area (Å²) in [6, 6.07) is 20.6. The summed E-state index contributed by atoms with van der Waals surface area (Å²) in [6.45, 7) is 1.83. The van der Waals surface area contributed by atoms with Gasteiger partial charge in [-0.3, -0.25) is 29.0 Å². The van der Waals surface area contributed by atoms with Gasteiger partial charge in [0, 0.05) is 54.7 Å². The second-order valence-electron chi connectivity index (χ2n) is 15.0. The van der Waals surface area contributed by atoms with E-state index in [0.29, 0.717) is 50.9 Å². The Balaban J connectivity index is 1.29. The largest absolute Gasteiger partial charge is 0.368 e. The highest BCUT2D eigenvalue weighted by atomic mass is 16.2. The van der Waals surface area contributed by atoms with E-state index in [1.165, 1.54) is 0 Å². The van der Waals surface area contributed by atoms with E-state index in [0.717, 1.165) is 32.8 Å². The Hall–Kier alpha value is -6.12. The molecule has 14 nitrogen and oxygen atoms in total. The van der Waals surface area contributed by atoms with E-state index in [2.05, 4.69) is 36.6 Å². The van der Waals surface area contributed by atoms with Crippen LogP contribution in [0.2, 0.25) is 0 Å². The first-order valence-corrected chi connectivity index (χ1v) is 20.0. The Bertz CT molecular complexity index is 2190. The molecule has 3 heterocycles. The van der Waals surface area contributed by atoms with E-state index < -0.39 is 47.8 Å². The van der Waals surface area contributed by atoms with Gasteiger partial charge < -0.3 is 43.0 Å². The maximum Gasteiger partial charge on any atom is 0.243 e. The predicted octanol–water partition coefficient (Wildman–Crippen LogP) is 2.30. The van der Waals surface area contributed by atoms with Gasteiger partial charge in [0.1, 0.15) is 24.2 Å². The Morgan fingerprint density at radius 2 is 1.36 bits per heavy atom. The molecule has 1 fully saturated rings. The average molecular weight is 788 g/mol. The third-order valence-corrected chi connectivity index (χ3v) is 10.7. The second kappa shape index (κ2) is 20.3. The standard InChI is InChI=1S/C44H53N9O5/c45-18-6-5-13-36(40(46)54)50-42(56)38(24-29-8-7-19-48-26-29)52-44(58)39(25-33-27-49-35-12-4-3-11-34(33)35)53-43(57)37(51-41(55)31-16-20-47-21-17-31)23-28-14-15-30-9-1-2-10-32(30)22-28/h1-4,7-12,14-15,19,22,26-27,31,36-39,47,49H,5-6,13,16-18,20-21,23-25,45H2,(H2,46,54)(H,50,56)(H,51,55)(H,52,58)(H,53,57)/t36-,37+,38-,39+/m0/s1. The highest BCUT2D eigenvalue weighted by Crippen LogP contribution is 2.21. The van der Waals surface area contributed by atoms with Crippen molar-refractivity contribution in [1.29, 1.82) is 0 Å². The van der Waals surface area contributed by atoms with Crippen molar-refractivity contribution < 1.29 is 24.0 Å². The Labute approximate surface area is 337 Å². The zero-order valence-corrected chi connectivity index (χ0v) is 32.5. The van der Waals surface area contributed by atoms with Gasteiger partial charge in [0.2, 0.25) is 29.5 Å².